The molecular weight excluding hydrogens is 872 g/mol. The second-order valence-corrected chi connectivity index (χ2v) is 13.8. The van der Waals surface area contributed by atoms with Crippen molar-refractivity contribution >= 4 is 84.8 Å². The summed E-state index contributed by atoms with van der Waals surface area (Å²) in [6.07, 6.45) is 0. The molecule has 0 fully saturated rings. The standard InChI is InChI=1S/C25H16I4O4/c30-26-21-9-1-17(2-10-21)25(18-3-11-22(27-31)12-4-18,19-5-13-23(28-32)14-6-19)20-7-15-24(29-33)16-8-20/h1-16H. The van der Waals surface area contributed by atoms with Gasteiger partial charge in [0.25, 0.3) is 0 Å². The van der Waals surface area contributed by atoms with Crippen LogP contribution in [-0.4, -0.2) is 0 Å². The Hall–Kier alpha value is -1.00. The van der Waals surface area contributed by atoms with Crippen LogP contribution in [0.25, 0.3) is 0 Å². The first-order valence-corrected chi connectivity index (χ1v) is 17.5. The summed E-state index contributed by atoms with van der Waals surface area (Å²) in [5, 5.41) is 0. The van der Waals surface area contributed by atoms with Crippen molar-refractivity contribution < 1.29 is 12.3 Å². The summed E-state index contributed by atoms with van der Waals surface area (Å²) < 4.78 is 49.4. The van der Waals surface area contributed by atoms with Crippen LogP contribution in [0.1, 0.15) is 22.3 Å². The molecule has 0 saturated carbocycles. The van der Waals surface area contributed by atoms with Crippen molar-refractivity contribution in [3.8, 4) is 0 Å². The molecule has 0 aliphatic heterocycles. The molecule has 0 amide bonds. The third-order valence-electron chi connectivity index (χ3n) is 5.47. The Labute approximate surface area is 233 Å². The second-order valence-electron chi connectivity index (χ2n) is 7.09. The molecule has 0 atom stereocenters. The van der Waals surface area contributed by atoms with Gasteiger partial charge in [0.15, 0.2) is 84.8 Å². The van der Waals surface area contributed by atoms with Gasteiger partial charge in [0.05, 0.1) is 5.41 Å². The van der Waals surface area contributed by atoms with Gasteiger partial charge in [0.2, 0.25) is 0 Å². The Balaban J connectivity index is 2.09. The van der Waals surface area contributed by atoms with Gasteiger partial charge in [0, 0.05) is 14.3 Å². The minimum absolute atomic E-state index is 0.723. The molecule has 4 rings (SSSR count). The zero-order valence-electron chi connectivity index (χ0n) is 16.9. The largest absolute Gasteiger partial charge is 0.265 e. The average Bonchev–Trinajstić information content (AvgIpc) is 2.90. The highest BCUT2D eigenvalue weighted by Crippen LogP contribution is 2.45. The van der Waals surface area contributed by atoms with E-state index in [2.05, 4.69) is 0 Å². The van der Waals surface area contributed by atoms with Crippen molar-refractivity contribution in [2.75, 3.05) is 0 Å². The fourth-order valence-electron chi connectivity index (χ4n) is 4.01. The van der Waals surface area contributed by atoms with Gasteiger partial charge < -0.3 is 0 Å². The molecule has 0 N–H and O–H groups in total. The van der Waals surface area contributed by atoms with E-state index >= 15 is 0 Å². The van der Waals surface area contributed by atoms with Crippen LogP contribution in [0, 0.1) is 14.3 Å². The molecule has 8 heteroatoms. The fourth-order valence-corrected chi connectivity index (χ4v) is 6.62. The number of hydrogen-bond donors (Lipinski definition) is 0. The first-order valence-electron chi connectivity index (χ1n) is 9.66. The van der Waals surface area contributed by atoms with Crippen LogP contribution in [0.15, 0.2) is 97.1 Å². The zero-order chi connectivity index (χ0) is 23.3. The van der Waals surface area contributed by atoms with Gasteiger partial charge in [-0.05, 0) is 70.8 Å². The third kappa shape index (κ3) is 5.17. The molecule has 0 spiro atoms. The summed E-state index contributed by atoms with van der Waals surface area (Å²) in [6, 6.07) is 31.2. The molecule has 4 nitrogen and oxygen atoms in total. The maximum atomic E-state index is 11.5. The van der Waals surface area contributed by atoms with Crippen LogP contribution in [0.5, 0.6) is 0 Å². The van der Waals surface area contributed by atoms with E-state index in [1.165, 1.54) is 0 Å². The van der Waals surface area contributed by atoms with E-state index in [9.17, 15) is 12.3 Å². The molecule has 0 unspecified atom stereocenters. The molecule has 0 heterocycles. The van der Waals surface area contributed by atoms with Gasteiger partial charge >= 0.3 is 0 Å². The number of rotatable bonds is 8. The molecule has 4 aromatic rings. The first kappa shape index (κ1) is 25.1. The number of benzene rings is 4. The molecule has 33 heavy (non-hydrogen) atoms. The summed E-state index contributed by atoms with van der Waals surface area (Å²) in [7, 11) is 0. The van der Waals surface area contributed by atoms with Crippen LogP contribution < -0.4 is 0 Å². The van der Waals surface area contributed by atoms with Gasteiger partial charge in [0.1, 0.15) is 0 Å². The van der Waals surface area contributed by atoms with Crippen LogP contribution in [-0.2, 0) is 17.7 Å². The van der Waals surface area contributed by atoms with Crippen LogP contribution in [0.4, 0.5) is 0 Å². The molecule has 0 aliphatic rings. The first-order chi connectivity index (χ1) is 16.1. The molecule has 0 aliphatic carbocycles. The lowest BCUT2D eigenvalue weighted by molar-refractivity contribution is 0.647. The number of halogens is 4. The Bertz CT molecular complexity index is 1090. The highest BCUT2D eigenvalue weighted by Gasteiger charge is 2.38. The minimum Gasteiger partial charge on any atom is -0.265 e. The van der Waals surface area contributed by atoms with Crippen molar-refractivity contribution in [3.05, 3.63) is 134 Å². The van der Waals surface area contributed by atoms with Gasteiger partial charge in [-0.1, -0.05) is 48.5 Å². The minimum atomic E-state index is -1.27. The molecule has 0 saturated heterocycles. The van der Waals surface area contributed by atoms with E-state index in [0.29, 0.717) is 0 Å². The summed E-state index contributed by atoms with van der Waals surface area (Å²) in [4.78, 5) is 0. The lowest BCUT2D eigenvalue weighted by atomic mass is 9.65. The lowest BCUT2D eigenvalue weighted by Gasteiger charge is -2.37. The monoisotopic (exact) mass is 888 g/mol. The van der Waals surface area contributed by atoms with Crippen molar-refractivity contribution in [1.29, 1.82) is 0 Å². The maximum absolute atomic E-state index is 11.5. The zero-order valence-corrected chi connectivity index (χ0v) is 25.5. The van der Waals surface area contributed by atoms with Crippen molar-refractivity contribution in [2.45, 2.75) is 5.41 Å². The molecular formula is C25H16I4O4. The molecule has 4 aromatic carbocycles. The van der Waals surface area contributed by atoms with E-state index in [1.807, 2.05) is 97.1 Å². The normalized spacial score (nSPS) is 11.4. The predicted octanol–water partition coefficient (Wildman–Crippen LogP) is 8.01. The van der Waals surface area contributed by atoms with E-state index in [4.69, 9.17) is 0 Å². The highest BCUT2D eigenvalue weighted by atomic mass is 127. The molecule has 0 radical (unpaired) electrons. The van der Waals surface area contributed by atoms with Gasteiger partial charge in [-0.3, -0.25) is 12.3 Å². The summed E-state index contributed by atoms with van der Waals surface area (Å²) in [5.74, 6) is 0. The lowest BCUT2D eigenvalue weighted by Crippen LogP contribution is -2.31. The predicted molar refractivity (Wildman–Crippen MR) is 158 cm³/mol. The van der Waals surface area contributed by atoms with E-state index < -0.39 is 90.2 Å². The van der Waals surface area contributed by atoms with Crippen LogP contribution >= 0.6 is 84.8 Å². The van der Waals surface area contributed by atoms with Crippen molar-refractivity contribution in [1.82, 2.24) is 0 Å². The Morgan fingerprint density at radius 2 is 0.515 bits per heavy atom. The van der Waals surface area contributed by atoms with E-state index in [1.54, 1.807) is 0 Å². The summed E-state index contributed by atoms with van der Waals surface area (Å²) in [6.45, 7) is 0. The van der Waals surface area contributed by atoms with Gasteiger partial charge in [-0.25, -0.2) is 0 Å². The Morgan fingerprint density at radius 1 is 0.333 bits per heavy atom. The smallest absolute Gasteiger partial charge is 0.182 e. The van der Waals surface area contributed by atoms with Gasteiger partial charge in [-0.2, -0.15) is 0 Å². The third-order valence-corrected chi connectivity index (χ3v) is 10.4. The maximum Gasteiger partial charge on any atom is 0.182 e. The SMILES string of the molecule is O=Ic1ccc(C(c2ccc(I=O)cc2)(c2ccc(I=O)cc2)c2ccc(I=O)cc2)cc1. The molecule has 168 valence electrons. The number of hydrogen-bond acceptors (Lipinski definition) is 4. The van der Waals surface area contributed by atoms with Gasteiger partial charge in [-0.15, -0.1) is 0 Å². The Morgan fingerprint density at radius 3 is 0.667 bits per heavy atom. The second kappa shape index (κ2) is 11.6. The van der Waals surface area contributed by atoms with E-state index in [-0.39, 0.29) is 0 Å². The summed E-state index contributed by atoms with van der Waals surface area (Å²) >= 11 is -5.08. The van der Waals surface area contributed by atoms with Crippen LogP contribution in [0.3, 0.4) is 0 Å². The topological polar surface area (TPSA) is 68.3 Å². The molecule has 0 bridgehead atoms. The quantitative estimate of drug-likeness (QED) is 0.133. The Kier molecular flexibility index (Phi) is 8.84. The van der Waals surface area contributed by atoms with Crippen molar-refractivity contribution in [3.63, 3.8) is 0 Å². The summed E-state index contributed by atoms with van der Waals surface area (Å²) in [5.41, 5.74) is 3.23. The fraction of sp³-hybridized carbons (Fsp3) is 0.0400. The van der Waals surface area contributed by atoms with E-state index in [0.717, 1.165) is 36.5 Å². The van der Waals surface area contributed by atoms with Crippen LogP contribution in [0.2, 0.25) is 0 Å². The molecule has 0 aromatic heterocycles. The van der Waals surface area contributed by atoms with Crippen molar-refractivity contribution in [2.24, 2.45) is 0 Å². The highest BCUT2D eigenvalue weighted by molar-refractivity contribution is 14.2. The average molecular weight is 888 g/mol.